The summed E-state index contributed by atoms with van der Waals surface area (Å²) in [4.78, 5) is 0. The fourth-order valence-corrected chi connectivity index (χ4v) is 1.24. The number of para-hydroxylation sites is 1. The fourth-order valence-electron chi connectivity index (χ4n) is 1.24. The van der Waals surface area contributed by atoms with Gasteiger partial charge in [-0.25, -0.2) is 0 Å². The number of halogens is 3. The second kappa shape index (κ2) is 5.88. The number of hydrogen-bond acceptors (Lipinski definition) is 3. The third kappa shape index (κ3) is 4.24. The lowest BCUT2D eigenvalue weighted by atomic mass is 10.2. The predicted octanol–water partition coefficient (Wildman–Crippen LogP) is 1.79. The zero-order valence-corrected chi connectivity index (χ0v) is 9.07. The summed E-state index contributed by atoms with van der Waals surface area (Å²) in [5.41, 5.74) is 4.60. The highest BCUT2D eigenvalue weighted by Gasteiger charge is 2.33. The Labute approximate surface area is 97.0 Å². The smallest absolute Gasteiger partial charge is 0.419 e. The van der Waals surface area contributed by atoms with E-state index in [4.69, 9.17) is 15.6 Å². The van der Waals surface area contributed by atoms with E-state index >= 15 is 0 Å². The Morgan fingerprint density at radius 1 is 1.29 bits per heavy atom. The van der Waals surface area contributed by atoms with Crippen LogP contribution in [0.4, 0.5) is 13.2 Å². The van der Waals surface area contributed by atoms with E-state index in [0.717, 1.165) is 6.07 Å². The fraction of sp³-hybridized carbons (Fsp3) is 0.455. The summed E-state index contributed by atoms with van der Waals surface area (Å²) >= 11 is 0. The van der Waals surface area contributed by atoms with Gasteiger partial charge in [0.25, 0.3) is 0 Å². The zero-order valence-electron chi connectivity index (χ0n) is 9.07. The van der Waals surface area contributed by atoms with E-state index in [-0.39, 0.29) is 19.0 Å². The van der Waals surface area contributed by atoms with Gasteiger partial charge >= 0.3 is 6.18 Å². The SMILES string of the molecule is NC(CO)CCOc1ccccc1C(F)(F)F. The number of aliphatic hydroxyl groups excluding tert-OH is 1. The molecule has 0 spiro atoms. The highest BCUT2D eigenvalue weighted by atomic mass is 19.4. The molecule has 3 N–H and O–H groups in total. The van der Waals surface area contributed by atoms with Crippen molar-refractivity contribution in [3.63, 3.8) is 0 Å². The first kappa shape index (κ1) is 13.8. The number of rotatable bonds is 5. The molecule has 0 aliphatic carbocycles. The Morgan fingerprint density at radius 3 is 2.53 bits per heavy atom. The van der Waals surface area contributed by atoms with Crippen LogP contribution in [0, 0.1) is 0 Å². The van der Waals surface area contributed by atoms with Crippen LogP contribution in [-0.2, 0) is 6.18 Å². The van der Waals surface area contributed by atoms with Crippen molar-refractivity contribution in [1.82, 2.24) is 0 Å². The van der Waals surface area contributed by atoms with Crippen molar-refractivity contribution in [3.8, 4) is 5.75 Å². The van der Waals surface area contributed by atoms with Crippen LogP contribution in [0.5, 0.6) is 5.75 Å². The summed E-state index contributed by atoms with van der Waals surface area (Å²) < 4.78 is 42.7. The van der Waals surface area contributed by atoms with Gasteiger partial charge in [-0.3, -0.25) is 0 Å². The van der Waals surface area contributed by atoms with Crippen LogP contribution in [0.3, 0.4) is 0 Å². The van der Waals surface area contributed by atoms with Gasteiger partial charge < -0.3 is 15.6 Å². The molecule has 3 nitrogen and oxygen atoms in total. The van der Waals surface area contributed by atoms with Gasteiger partial charge in [-0.05, 0) is 18.6 Å². The van der Waals surface area contributed by atoms with E-state index in [1.807, 2.05) is 0 Å². The molecule has 0 saturated carbocycles. The molecule has 0 radical (unpaired) electrons. The second-order valence-electron chi connectivity index (χ2n) is 3.57. The summed E-state index contributed by atoms with van der Waals surface area (Å²) in [6.07, 6.45) is -4.14. The first-order valence-corrected chi connectivity index (χ1v) is 5.10. The quantitative estimate of drug-likeness (QED) is 0.836. The summed E-state index contributed by atoms with van der Waals surface area (Å²) in [5, 5.41) is 8.66. The number of aliphatic hydroxyl groups is 1. The minimum Gasteiger partial charge on any atom is -0.493 e. The van der Waals surface area contributed by atoms with Crippen molar-refractivity contribution in [2.24, 2.45) is 5.73 Å². The van der Waals surface area contributed by atoms with E-state index in [9.17, 15) is 13.2 Å². The van der Waals surface area contributed by atoms with E-state index in [2.05, 4.69) is 0 Å². The van der Waals surface area contributed by atoms with Gasteiger partial charge in [0.15, 0.2) is 0 Å². The number of nitrogens with two attached hydrogens (primary N) is 1. The van der Waals surface area contributed by atoms with Gasteiger partial charge in [0.1, 0.15) is 5.75 Å². The Bertz CT molecular complexity index is 355. The molecule has 0 bridgehead atoms. The summed E-state index contributed by atoms with van der Waals surface area (Å²) in [6.45, 7) is -0.181. The number of benzene rings is 1. The molecular formula is C11H14F3NO2. The third-order valence-corrected chi connectivity index (χ3v) is 2.17. The number of ether oxygens (including phenoxy) is 1. The summed E-state index contributed by atoms with van der Waals surface area (Å²) in [5.74, 6) is -0.217. The Morgan fingerprint density at radius 2 is 1.94 bits per heavy atom. The molecule has 0 aliphatic rings. The standard InChI is InChI=1S/C11H14F3NO2/c12-11(13,14)9-3-1-2-4-10(9)17-6-5-8(15)7-16/h1-4,8,16H,5-7,15H2. The largest absolute Gasteiger partial charge is 0.493 e. The lowest BCUT2D eigenvalue weighted by Crippen LogP contribution is -2.26. The molecule has 0 aliphatic heterocycles. The Balaban J connectivity index is 2.65. The van der Waals surface area contributed by atoms with Gasteiger partial charge in [0, 0.05) is 6.04 Å². The molecule has 1 unspecified atom stereocenters. The van der Waals surface area contributed by atoms with Crippen LogP contribution in [0.15, 0.2) is 24.3 Å². The van der Waals surface area contributed by atoms with Crippen LogP contribution in [0.1, 0.15) is 12.0 Å². The molecule has 1 atom stereocenters. The molecule has 1 aromatic carbocycles. The molecule has 0 aromatic heterocycles. The molecule has 1 rings (SSSR count). The molecular weight excluding hydrogens is 235 g/mol. The molecule has 0 heterocycles. The highest BCUT2D eigenvalue weighted by molar-refractivity contribution is 5.35. The van der Waals surface area contributed by atoms with Gasteiger partial charge in [-0.1, -0.05) is 12.1 Å². The minimum absolute atomic E-state index is 0.0365. The average molecular weight is 249 g/mol. The van der Waals surface area contributed by atoms with E-state index in [0.29, 0.717) is 6.42 Å². The number of alkyl halides is 3. The Kier molecular flexibility index (Phi) is 4.77. The van der Waals surface area contributed by atoms with Crippen molar-refractivity contribution >= 4 is 0 Å². The molecule has 0 amide bonds. The topological polar surface area (TPSA) is 55.5 Å². The summed E-state index contributed by atoms with van der Waals surface area (Å²) in [6, 6.07) is 4.51. The first-order chi connectivity index (χ1) is 7.95. The minimum atomic E-state index is -4.43. The van der Waals surface area contributed by atoms with Crippen molar-refractivity contribution in [1.29, 1.82) is 0 Å². The predicted molar refractivity (Wildman–Crippen MR) is 56.6 cm³/mol. The summed E-state index contributed by atoms with van der Waals surface area (Å²) in [7, 11) is 0. The zero-order chi connectivity index (χ0) is 12.9. The highest BCUT2D eigenvalue weighted by Crippen LogP contribution is 2.35. The molecule has 0 fully saturated rings. The lowest BCUT2D eigenvalue weighted by molar-refractivity contribution is -0.139. The van der Waals surface area contributed by atoms with E-state index < -0.39 is 17.8 Å². The second-order valence-corrected chi connectivity index (χ2v) is 3.57. The molecule has 1 aromatic rings. The Hall–Kier alpha value is -1.27. The van der Waals surface area contributed by atoms with Crippen molar-refractivity contribution in [2.75, 3.05) is 13.2 Å². The average Bonchev–Trinajstić information content (AvgIpc) is 2.28. The van der Waals surface area contributed by atoms with Crippen LogP contribution in [-0.4, -0.2) is 24.4 Å². The van der Waals surface area contributed by atoms with E-state index in [1.54, 1.807) is 0 Å². The molecule has 0 saturated heterocycles. The van der Waals surface area contributed by atoms with Crippen molar-refractivity contribution in [2.45, 2.75) is 18.6 Å². The van der Waals surface area contributed by atoms with Gasteiger partial charge in [0.2, 0.25) is 0 Å². The van der Waals surface area contributed by atoms with Gasteiger partial charge in [0.05, 0.1) is 18.8 Å². The van der Waals surface area contributed by atoms with Crippen molar-refractivity contribution < 1.29 is 23.0 Å². The van der Waals surface area contributed by atoms with Crippen LogP contribution < -0.4 is 10.5 Å². The normalized spacial score (nSPS) is 13.5. The maximum absolute atomic E-state index is 12.6. The maximum Gasteiger partial charge on any atom is 0.419 e. The van der Waals surface area contributed by atoms with Crippen molar-refractivity contribution in [3.05, 3.63) is 29.8 Å². The number of hydrogen-bond donors (Lipinski definition) is 2. The lowest BCUT2D eigenvalue weighted by Gasteiger charge is -2.14. The van der Waals surface area contributed by atoms with Crippen LogP contribution in [0.2, 0.25) is 0 Å². The maximum atomic E-state index is 12.6. The van der Waals surface area contributed by atoms with Crippen LogP contribution in [0.25, 0.3) is 0 Å². The van der Waals surface area contributed by atoms with Gasteiger partial charge in [-0.15, -0.1) is 0 Å². The van der Waals surface area contributed by atoms with E-state index in [1.165, 1.54) is 18.2 Å². The third-order valence-electron chi connectivity index (χ3n) is 2.17. The molecule has 17 heavy (non-hydrogen) atoms. The molecule has 96 valence electrons. The molecule has 6 heteroatoms. The first-order valence-electron chi connectivity index (χ1n) is 5.10. The van der Waals surface area contributed by atoms with Gasteiger partial charge in [-0.2, -0.15) is 13.2 Å². The monoisotopic (exact) mass is 249 g/mol. The van der Waals surface area contributed by atoms with Crippen LogP contribution >= 0.6 is 0 Å².